The van der Waals surface area contributed by atoms with E-state index in [9.17, 15) is 0 Å². The molecule has 0 N–H and O–H groups in total. The van der Waals surface area contributed by atoms with E-state index in [1.165, 1.54) is 18.3 Å². The second-order valence-corrected chi connectivity index (χ2v) is 9.75. The fourth-order valence-electron chi connectivity index (χ4n) is 0. The van der Waals surface area contributed by atoms with Gasteiger partial charge in [-0.1, -0.05) is 0 Å². The fraction of sp³-hybridized carbons (Fsp3) is 1.00. The van der Waals surface area contributed by atoms with Crippen LogP contribution in [-0.4, -0.2) is 2.92 Å². The molecule has 0 aliphatic carbocycles. The molecule has 2 heteroatoms. The summed E-state index contributed by atoms with van der Waals surface area (Å²) in [7, 11) is 0. The van der Waals surface area contributed by atoms with Crippen LogP contribution in [0.15, 0.2) is 0 Å². The predicted molar refractivity (Wildman–Crippen MR) is 23.0 cm³/mol. The van der Waals surface area contributed by atoms with Crippen LogP contribution in [0.2, 0.25) is 0 Å². The van der Waals surface area contributed by atoms with Crippen molar-refractivity contribution < 1.29 is 18.3 Å². The van der Waals surface area contributed by atoms with E-state index in [1.54, 1.807) is 0 Å². The Hall–Kier alpha value is 1.10. The minimum absolute atomic E-state index is 0.438. The fourth-order valence-corrected chi connectivity index (χ4v) is 0. The molecule has 0 fully saturated rings. The van der Waals surface area contributed by atoms with Gasteiger partial charge in [-0.15, -0.1) is 0 Å². The molecular formula is C3H6BrZn. The van der Waals surface area contributed by atoms with Crippen LogP contribution in [0.1, 0.15) is 13.8 Å². The minimum atomic E-state index is 0.438. The molecule has 0 atom stereocenters. The molecule has 5 heavy (non-hydrogen) atoms. The molecule has 0 amide bonds. The van der Waals surface area contributed by atoms with Crippen molar-refractivity contribution in [3.63, 3.8) is 0 Å². The first-order valence-corrected chi connectivity index (χ1v) is 3.82. The maximum absolute atomic E-state index is 3.43. The Kier molecular flexibility index (Phi) is 2.08. The second-order valence-electron chi connectivity index (χ2n) is 1.72. The monoisotopic (exact) mass is 185 g/mol. The molecule has 0 saturated carbocycles. The summed E-state index contributed by atoms with van der Waals surface area (Å²) in [6.45, 7) is 4.32. The van der Waals surface area contributed by atoms with Crippen molar-refractivity contribution in [3.8, 4) is 0 Å². The first-order chi connectivity index (χ1) is 2.00. The first-order valence-electron chi connectivity index (χ1n) is 1.54. The van der Waals surface area contributed by atoms with Gasteiger partial charge < -0.3 is 0 Å². The summed E-state index contributed by atoms with van der Waals surface area (Å²) >= 11 is 4.74. The zero-order chi connectivity index (χ0) is 4.50. The molecule has 0 heterocycles. The maximum atomic E-state index is 3.43. The third-order valence-electron chi connectivity index (χ3n) is 0. The van der Waals surface area contributed by atoms with E-state index in [1.807, 2.05) is 0 Å². The molecule has 0 aromatic carbocycles. The van der Waals surface area contributed by atoms with Crippen molar-refractivity contribution >= 4 is 15.9 Å². The van der Waals surface area contributed by atoms with E-state index in [0.717, 1.165) is 0 Å². The van der Waals surface area contributed by atoms with Gasteiger partial charge in [0.25, 0.3) is 0 Å². The van der Waals surface area contributed by atoms with Crippen molar-refractivity contribution in [2.45, 2.75) is 16.8 Å². The predicted octanol–water partition coefficient (Wildman–Crippen LogP) is 1.66. The summed E-state index contributed by atoms with van der Waals surface area (Å²) in [5.74, 6) is 0. The van der Waals surface area contributed by atoms with E-state index >= 15 is 0 Å². The standard InChI is InChI=1S/C3H6Br.Zn/c1-3(2)4;/h1-2H3;. The van der Waals surface area contributed by atoms with Gasteiger partial charge in [0.1, 0.15) is 0 Å². The Morgan fingerprint density at radius 2 is 1.60 bits per heavy atom. The number of hydrogen-bond donors (Lipinski definition) is 0. The zero-order valence-corrected chi connectivity index (χ0v) is 8.14. The van der Waals surface area contributed by atoms with Crippen LogP contribution in [-0.2, 0) is 18.3 Å². The van der Waals surface area contributed by atoms with Crippen LogP contribution in [0, 0.1) is 0 Å². The summed E-state index contributed by atoms with van der Waals surface area (Å²) in [5.41, 5.74) is 0. The quantitative estimate of drug-likeness (QED) is 0.400. The summed E-state index contributed by atoms with van der Waals surface area (Å²) in [4.78, 5) is 0. The molecule has 0 radical (unpaired) electrons. The Labute approximate surface area is 51.1 Å². The molecule has 0 saturated heterocycles. The molecule has 27 valence electrons. The molecule has 0 unspecified atom stereocenters. The van der Waals surface area contributed by atoms with E-state index in [0.29, 0.717) is 2.92 Å². The van der Waals surface area contributed by atoms with Gasteiger partial charge in [-0.25, -0.2) is 0 Å². The molecule has 0 rings (SSSR count). The van der Waals surface area contributed by atoms with Crippen LogP contribution in [0.5, 0.6) is 0 Å². The van der Waals surface area contributed by atoms with Crippen molar-refractivity contribution in [3.05, 3.63) is 0 Å². The summed E-state index contributed by atoms with van der Waals surface area (Å²) in [6.07, 6.45) is 0. The van der Waals surface area contributed by atoms with E-state index in [2.05, 4.69) is 29.8 Å². The summed E-state index contributed by atoms with van der Waals surface area (Å²) in [5, 5.41) is 0. The third kappa shape index (κ3) is 40.4. The van der Waals surface area contributed by atoms with Crippen molar-refractivity contribution in [2.75, 3.05) is 0 Å². The SMILES string of the molecule is C[C](C)([Zn])Br. The zero-order valence-electron chi connectivity index (χ0n) is 3.59. The number of halogens is 1. The van der Waals surface area contributed by atoms with Gasteiger partial charge in [0.2, 0.25) is 0 Å². The van der Waals surface area contributed by atoms with Gasteiger partial charge in [0.05, 0.1) is 0 Å². The normalized spacial score (nSPS) is 12.2. The molecule has 0 bridgehead atoms. The summed E-state index contributed by atoms with van der Waals surface area (Å²) < 4.78 is 0.438. The van der Waals surface area contributed by atoms with Gasteiger partial charge in [0, 0.05) is 0 Å². The Bertz CT molecular complexity index is 22.4. The average molecular weight is 187 g/mol. The van der Waals surface area contributed by atoms with Crippen molar-refractivity contribution in [2.24, 2.45) is 0 Å². The van der Waals surface area contributed by atoms with E-state index in [4.69, 9.17) is 0 Å². The molecule has 0 spiro atoms. The second kappa shape index (κ2) is 1.70. The van der Waals surface area contributed by atoms with Crippen LogP contribution < -0.4 is 0 Å². The molecule has 0 nitrogen and oxygen atoms in total. The Balaban J connectivity index is 3.02. The van der Waals surface area contributed by atoms with Crippen LogP contribution >= 0.6 is 15.9 Å². The van der Waals surface area contributed by atoms with E-state index < -0.39 is 0 Å². The van der Waals surface area contributed by atoms with Gasteiger partial charge >= 0.3 is 51.0 Å². The Morgan fingerprint density at radius 3 is 1.60 bits per heavy atom. The third-order valence-corrected chi connectivity index (χ3v) is 0. The Morgan fingerprint density at radius 1 is 1.60 bits per heavy atom. The first kappa shape index (κ1) is 6.10. The van der Waals surface area contributed by atoms with Crippen molar-refractivity contribution in [1.82, 2.24) is 0 Å². The topological polar surface area (TPSA) is 0 Å². The molecule has 0 aliphatic heterocycles. The van der Waals surface area contributed by atoms with Gasteiger partial charge in [-0.3, -0.25) is 0 Å². The van der Waals surface area contributed by atoms with Crippen molar-refractivity contribution in [1.29, 1.82) is 0 Å². The molecule has 0 aromatic rings. The molecule has 0 aliphatic rings. The average Bonchev–Trinajstić information content (AvgIpc) is 0.722. The molecular weight excluding hydrogens is 181 g/mol. The number of alkyl halides is 1. The molecule has 0 aromatic heterocycles. The number of rotatable bonds is 0. The van der Waals surface area contributed by atoms with Gasteiger partial charge in [-0.2, -0.15) is 0 Å². The summed E-state index contributed by atoms with van der Waals surface area (Å²) in [6, 6.07) is 0. The number of hydrogen-bond acceptors (Lipinski definition) is 0. The van der Waals surface area contributed by atoms with Gasteiger partial charge in [0.15, 0.2) is 0 Å². The van der Waals surface area contributed by atoms with Gasteiger partial charge in [-0.05, 0) is 0 Å². The van der Waals surface area contributed by atoms with Crippen LogP contribution in [0.25, 0.3) is 0 Å². The van der Waals surface area contributed by atoms with Crippen LogP contribution in [0.3, 0.4) is 0 Å². The van der Waals surface area contributed by atoms with E-state index in [-0.39, 0.29) is 0 Å². The van der Waals surface area contributed by atoms with Crippen LogP contribution in [0.4, 0.5) is 0 Å².